The maximum absolute atomic E-state index is 12.9. The van der Waals surface area contributed by atoms with E-state index >= 15 is 0 Å². The van der Waals surface area contributed by atoms with Gasteiger partial charge in [0.1, 0.15) is 0 Å². The Bertz CT molecular complexity index is 818. The molecule has 2 aromatic rings. The average Bonchev–Trinajstić information content (AvgIpc) is 2.67. The molecule has 1 atom stereocenters. The van der Waals surface area contributed by atoms with Crippen LogP contribution in [0.15, 0.2) is 40.3 Å². The Kier molecular flexibility index (Phi) is 8.10. The Morgan fingerprint density at radius 2 is 1.93 bits per heavy atom. The highest BCUT2D eigenvalue weighted by Crippen LogP contribution is 2.25. The van der Waals surface area contributed by atoms with Gasteiger partial charge in [0.05, 0.1) is 5.25 Å². The van der Waals surface area contributed by atoms with Crippen LogP contribution in [0.25, 0.3) is 0 Å². The molecule has 6 heteroatoms. The average molecular weight is 388 g/mol. The predicted octanol–water partition coefficient (Wildman–Crippen LogP) is 3.47. The first kappa shape index (κ1) is 21.2. The van der Waals surface area contributed by atoms with E-state index < -0.39 is 0 Å². The van der Waals surface area contributed by atoms with Gasteiger partial charge in [-0.05, 0) is 25.3 Å². The fourth-order valence-electron chi connectivity index (χ4n) is 2.83. The van der Waals surface area contributed by atoms with Gasteiger partial charge in [-0.15, -0.1) is 0 Å². The number of carbonyl (C=O) groups is 1. The van der Waals surface area contributed by atoms with Crippen molar-refractivity contribution in [3.8, 4) is 0 Å². The van der Waals surface area contributed by atoms with Crippen molar-refractivity contribution in [3.63, 3.8) is 0 Å². The minimum Gasteiger partial charge on any atom is -0.355 e. The van der Waals surface area contributed by atoms with Crippen LogP contribution < -0.4 is 10.9 Å². The van der Waals surface area contributed by atoms with Crippen LogP contribution in [0.1, 0.15) is 49.9 Å². The number of carbonyl (C=O) groups excluding carboxylic acids is 1. The number of hydrogen-bond donors (Lipinski definition) is 1. The number of nitrogens with zero attached hydrogens (tertiary/aromatic N) is 2. The summed E-state index contributed by atoms with van der Waals surface area (Å²) in [5, 5.41) is 3.31. The van der Waals surface area contributed by atoms with E-state index in [1.54, 1.807) is 11.6 Å². The van der Waals surface area contributed by atoms with Gasteiger partial charge < -0.3 is 5.32 Å². The molecule has 1 amide bonds. The number of amides is 1. The number of aromatic nitrogens is 2. The minimum absolute atomic E-state index is 0.0176. The van der Waals surface area contributed by atoms with Gasteiger partial charge in [0.15, 0.2) is 5.16 Å². The lowest BCUT2D eigenvalue weighted by Gasteiger charge is -2.18. The molecule has 1 heterocycles. The van der Waals surface area contributed by atoms with Crippen LogP contribution in [0.2, 0.25) is 0 Å². The monoisotopic (exact) mass is 387 g/mol. The summed E-state index contributed by atoms with van der Waals surface area (Å²) in [6, 6.07) is 9.92. The molecule has 146 valence electrons. The predicted molar refractivity (Wildman–Crippen MR) is 111 cm³/mol. The molecule has 0 radical (unpaired) electrons. The van der Waals surface area contributed by atoms with E-state index in [-0.39, 0.29) is 16.7 Å². The number of nitrogens with one attached hydrogen (secondary N) is 1. The summed E-state index contributed by atoms with van der Waals surface area (Å²) < 4.78 is 1.58. The molecular weight excluding hydrogens is 358 g/mol. The van der Waals surface area contributed by atoms with E-state index in [1.165, 1.54) is 11.8 Å². The van der Waals surface area contributed by atoms with E-state index in [0.717, 1.165) is 30.5 Å². The van der Waals surface area contributed by atoms with Crippen LogP contribution in [0.3, 0.4) is 0 Å². The first-order valence-corrected chi connectivity index (χ1v) is 10.4. The highest BCUT2D eigenvalue weighted by Gasteiger charge is 2.22. The molecule has 1 unspecified atom stereocenters. The number of aryl methyl sites for hydroxylation is 1. The molecular formula is C21H29N3O2S. The Morgan fingerprint density at radius 1 is 1.22 bits per heavy atom. The van der Waals surface area contributed by atoms with Gasteiger partial charge in [0.25, 0.3) is 5.56 Å². The van der Waals surface area contributed by atoms with Crippen LogP contribution in [0.5, 0.6) is 0 Å². The van der Waals surface area contributed by atoms with Crippen molar-refractivity contribution in [3.05, 3.63) is 57.5 Å². The van der Waals surface area contributed by atoms with Gasteiger partial charge >= 0.3 is 0 Å². The second-order valence-corrected chi connectivity index (χ2v) is 7.84. The first-order valence-electron chi connectivity index (χ1n) is 9.52. The number of thioether (sulfide) groups is 1. The van der Waals surface area contributed by atoms with Gasteiger partial charge in [-0.3, -0.25) is 14.2 Å². The van der Waals surface area contributed by atoms with Gasteiger partial charge in [0.2, 0.25) is 5.91 Å². The van der Waals surface area contributed by atoms with Crippen molar-refractivity contribution < 1.29 is 4.79 Å². The highest BCUT2D eigenvalue weighted by molar-refractivity contribution is 8.00. The third-order valence-corrected chi connectivity index (χ3v) is 5.72. The maximum Gasteiger partial charge on any atom is 0.257 e. The number of rotatable bonds is 9. The summed E-state index contributed by atoms with van der Waals surface area (Å²) in [6.07, 6.45) is 3.11. The zero-order valence-electron chi connectivity index (χ0n) is 16.6. The van der Waals surface area contributed by atoms with Gasteiger partial charge in [-0.25, -0.2) is 4.98 Å². The summed E-state index contributed by atoms with van der Waals surface area (Å²) in [5.74, 6) is 0.0176. The third kappa shape index (κ3) is 5.70. The molecule has 0 saturated heterocycles. The van der Waals surface area contributed by atoms with Gasteiger partial charge in [0, 0.05) is 31.3 Å². The first-order chi connectivity index (χ1) is 13.0. The molecule has 5 nitrogen and oxygen atoms in total. The van der Waals surface area contributed by atoms with E-state index in [2.05, 4.69) is 17.2 Å². The fourth-order valence-corrected chi connectivity index (χ4v) is 4.06. The van der Waals surface area contributed by atoms with E-state index in [1.807, 2.05) is 44.2 Å². The van der Waals surface area contributed by atoms with Crippen molar-refractivity contribution in [2.24, 2.45) is 7.05 Å². The van der Waals surface area contributed by atoms with Crippen molar-refractivity contribution in [2.75, 3.05) is 6.54 Å². The molecule has 1 N–H and O–H groups in total. The third-order valence-electron chi connectivity index (χ3n) is 4.41. The molecule has 0 bridgehead atoms. The highest BCUT2D eigenvalue weighted by atomic mass is 32.2. The molecule has 0 aliphatic heterocycles. The molecule has 27 heavy (non-hydrogen) atoms. The van der Waals surface area contributed by atoms with Gasteiger partial charge in [-0.2, -0.15) is 0 Å². The summed E-state index contributed by atoms with van der Waals surface area (Å²) in [6.45, 7) is 6.63. The second kappa shape index (κ2) is 10.3. The van der Waals surface area contributed by atoms with Crippen molar-refractivity contribution >= 4 is 17.7 Å². The van der Waals surface area contributed by atoms with Crippen molar-refractivity contribution in [2.45, 2.75) is 56.9 Å². The zero-order chi connectivity index (χ0) is 19.8. The molecule has 0 fully saturated rings. The largest absolute Gasteiger partial charge is 0.355 e. The smallest absolute Gasteiger partial charge is 0.257 e. The zero-order valence-corrected chi connectivity index (χ0v) is 17.4. The lowest BCUT2D eigenvalue weighted by Crippen LogP contribution is -2.34. The molecule has 2 rings (SSSR count). The summed E-state index contributed by atoms with van der Waals surface area (Å²) in [5.41, 5.74) is 2.48. The SMILES string of the molecule is CCCNC(=O)C(CCC)Sc1nc(C)c(Cc2ccccc2)c(=O)n1C. The molecule has 1 aromatic heterocycles. The molecule has 0 aliphatic carbocycles. The van der Waals surface area contributed by atoms with E-state index in [4.69, 9.17) is 0 Å². The van der Waals surface area contributed by atoms with Crippen molar-refractivity contribution in [1.29, 1.82) is 0 Å². The second-order valence-electron chi connectivity index (χ2n) is 6.67. The van der Waals surface area contributed by atoms with Crippen LogP contribution in [-0.2, 0) is 18.3 Å². The fraction of sp³-hybridized carbons (Fsp3) is 0.476. The Hall–Kier alpha value is -2.08. The Morgan fingerprint density at radius 3 is 2.56 bits per heavy atom. The summed E-state index contributed by atoms with van der Waals surface area (Å²) >= 11 is 1.38. The Labute approximate surface area is 165 Å². The maximum atomic E-state index is 12.9. The van der Waals surface area contributed by atoms with E-state index in [9.17, 15) is 9.59 Å². The molecule has 0 aliphatic rings. The van der Waals surface area contributed by atoms with Crippen molar-refractivity contribution in [1.82, 2.24) is 14.9 Å². The topological polar surface area (TPSA) is 64.0 Å². The van der Waals surface area contributed by atoms with Crippen LogP contribution in [0, 0.1) is 6.92 Å². The molecule has 0 saturated carbocycles. The summed E-state index contributed by atoms with van der Waals surface area (Å²) in [7, 11) is 1.73. The molecule has 1 aromatic carbocycles. The number of hydrogen-bond acceptors (Lipinski definition) is 4. The normalized spacial score (nSPS) is 12.0. The standard InChI is InChI=1S/C21H29N3O2S/c1-5-10-18(19(25)22-13-6-2)27-21-23-15(3)17(20(26)24(21)4)14-16-11-8-7-9-12-16/h7-9,11-12,18H,5-6,10,13-14H2,1-4H3,(H,22,25). The lowest BCUT2D eigenvalue weighted by molar-refractivity contribution is -0.120. The van der Waals surface area contributed by atoms with Crippen LogP contribution >= 0.6 is 11.8 Å². The van der Waals surface area contributed by atoms with Gasteiger partial charge in [-0.1, -0.05) is 62.4 Å². The Balaban J connectivity index is 2.27. The minimum atomic E-state index is -0.237. The van der Waals surface area contributed by atoms with Crippen LogP contribution in [0.4, 0.5) is 0 Å². The van der Waals surface area contributed by atoms with Crippen LogP contribution in [-0.4, -0.2) is 27.3 Å². The summed E-state index contributed by atoms with van der Waals surface area (Å²) in [4.78, 5) is 30.0. The molecule has 0 spiro atoms. The number of benzene rings is 1. The quantitative estimate of drug-likeness (QED) is 0.529. The van der Waals surface area contributed by atoms with E-state index in [0.29, 0.717) is 23.7 Å². The lowest BCUT2D eigenvalue weighted by atomic mass is 10.1.